The molecule has 2 aromatic rings. The fraction of sp³-hybridized carbons (Fsp3) is 0.316. The molecule has 4 nitrogen and oxygen atoms in total. The van der Waals surface area contributed by atoms with Crippen molar-refractivity contribution in [1.29, 1.82) is 0 Å². The molecule has 0 radical (unpaired) electrons. The monoisotopic (exact) mass is 360 g/mol. The van der Waals surface area contributed by atoms with E-state index in [0.29, 0.717) is 5.02 Å². The summed E-state index contributed by atoms with van der Waals surface area (Å²) < 4.78 is 18.9. The van der Waals surface area contributed by atoms with Gasteiger partial charge in [0, 0.05) is 17.1 Å². The molecule has 2 atom stereocenters. The standard InChI is InChI=1S/C19H18ClFN2O2/c20-12-7-8-17-15(10-12)23-9-3-5-14(22-18(24)11-21)19(23)13-4-1-2-6-16(13)25-17/h1-2,4,6-8,10,14,19H,3,5,9,11H2,(H,22,24). The zero-order valence-corrected chi connectivity index (χ0v) is 14.3. The highest BCUT2D eigenvalue weighted by molar-refractivity contribution is 6.31. The maximum Gasteiger partial charge on any atom is 0.251 e. The van der Waals surface area contributed by atoms with Gasteiger partial charge in [0.15, 0.2) is 12.4 Å². The molecular formula is C19H18ClFN2O2. The fourth-order valence-electron chi connectivity index (χ4n) is 3.78. The molecule has 1 fully saturated rings. The first-order valence-corrected chi connectivity index (χ1v) is 8.73. The Morgan fingerprint density at radius 1 is 1.28 bits per heavy atom. The molecule has 2 aliphatic rings. The van der Waals surface area contributed by atoms with Crippen LogP contribution in [0.15, 0.2) is 42.5 Å². The summed E-state index contributed by atoms with van der Waals surface area (Å²) in [6, 6.07) is 13.0. The van der Waals surface area contributed by atoms with E-state index in [2.05, 4.69) is 10.2 Å². The van der Waals surface area contributed by atoms with Gasteiger partial charge in [-0.25, -0.2) is 4.39 Å². The number of carbonyl (C=O) groups is 1. The summed E-state index contributed by atoms with van der Waals surface area (Å²) in [6.45, 7) is -0.193. The predicted octanol–water partition coefficient (Wildman–Crippen LogP) is 4.24. The molecule has 4 rings (SSSR count). The molecule has 25 heavy (non-hydrogen) atoms. The van der Waals surface area contributed by atoms with Crippen molar-refractivity contribution in [1.82, 2.24) is 5.32 Å². The third-order valence-electron chi connectivity index (χ3n) is 4.79. The van der Waals surface area contributed by atoms with E-state index in [0.717, 1.165) is 42.1 Å². The predicted molar refractivity (Wildman–Crippen MR) is 95.2 cm³/mol. The number of fused-ring (bicyclic) bond motifs is 5. The lowest BCUT2D eigenvalue weighted by molar-refractivity contribution is -0.122. The van der Waals surface area contributed by atoms with Crippen LogP contribution in [0.4, 0.5) is 10.1 Å². The third-order valence-corrected chi connectivity index (χ3v) is 5.02. The van der Waals surface area contributed by atoms with Gasteiger partial charge in [0.25, 0.3) is 5.91 Å². The molecule has 0 bridgehead atoms. The number of nitrogens with zero attached hydrogens (tertiary/aromatic N) is 1. The van der Waals surface area contributed by atoms with Gasteiger partial charge in [-0.15, -0.1) is 0 Å². The van der Waals surface area contributed by atoms with E-state index in [1.54, 1.807) is 6.07 Å². The van der Waals surface area contributed by atoms with Crippen LogP contribution in [0.5, 0.6) is 11.5 Å². The second-order valence-corrected chi connectivity index (χ2v) is 6.78. The summed E-state index contributed by atoms with van der Waals surface area (Å²) in [5.41, 5.74) is 1.88. The SMILES string of the molecule is O=C(CF)NC1CCCN2c3cc(Cl)ccc3Oc3ccccc3C12. The van der Waals surface area contributed by atoms with Crippen molar-refractivity contribution >= 4 is 23.2 Å². The number of hydrogen-bond donors (Lipinski definition) is 1. The number of piperidine rings is 1. The summed E-state index contributed by atoms with van der Waals surface area (Å²) in [5, 5.41) is 3.46. The number of nitrogens with one attached hydrogen (secondary N) is 1. The average molecular weight is 361 g/mol. The molecule has 0 spiro atoms. The summed E-state index contributed by atoms with van der Waals surface area (Å²) in [5.74, 6) is 0.901. The average Bonchev–Trinajstić information content (AvgIpc) is 2.77. The normalized spacial score (nSPS) is 21.3. The van der Waals surface area contributed by atoms with Crippen LogP contribution in [0.2, 0.25) is 5.02 Å². The van der Waals surface area contributed by atoms with Crippen LogP contribution in [-0.2, 0) is 4.79 Å². The van der Waals surface area contributed by atoms with Crippen LogP contribution in [0.3, 0.4) is 0 Å². The van der Waals surface area contributed by atoms with Crippen LogP contribution >= 0.6 is 11.6 Å². The van der Waals surface area contributed by atoms with Gasteiger partial charge in [-0.05, 0) is 37.1 Å². The summed E-state index contributed by atoms with van der Waals surface area (Å²) in [4.78, 5) is 13.9. The molecule has 130 valence electrons. The number of benzene rings is 2. The van der Waals surface area contributed by atoms with Gasteiger partial charge in [0.2, 0.25) is 0 Å². The molecule has 0 aromatic heterocycles. The van der Waals surface area contributed by atoms with Gasteiger partial charge in [0.1, 0.15) is 5.75 Å². The number of anilines is 1. The quantitative estimate of drug-likeness (QED) is 0.870. The van der Waals surface area contributed by atoms with Crippen molar-refractivity contribution in [3.63, 3.8) is 0 Å². The van der Waals surface area contributed by atoms with E-state index in [4.69, 9.17) is 16.3 Å². The first-order chi connectivity index (χ1) is 12.2. The van der Waals surface area contributed by atoms with E-state index in [1.165, 1.54) is 0 Å². The number of halogens is 2. The first kappa shape index (κ1) is 16.2. The van der Waals surface area contributed by atoms with E-state index in [9.17, 15) is 9.18 Å². The maximum absolute atomic E-state index is 12.8. The Kier molecular flexibility index (Phi) is 4.25. The zero-order chi connectivity index (χ0) is 17.4. The van der Waals surface area contributed by atoms with Crippen LogP contribution in [-0.4, -0.2) is 25.2 Å². The van der Waals surface area contributed by atoms with E-state index < -0.39 is 12.6 Å². The highest BCUT2D eigenvalue weighted by atomic mass is 35.5. The van der Waals surface area contributed by atoms with Crippen molar-refractivity contribution in [3.05, 3.63) is 53.1 Å². The minimum atomic E-state index is -1.01. The highest BCUT2D eigenvalue weighted by Gasteiger charge is 2.38. The molecular weight excluding hydrogens is 343 g/mol. The number of alkyl halides is 1. The number of amides is 1. The Morgan fingerprint density at radius 3 is 2.96 bits per heavy atom. The van der Waals surface area contributed by atoms with E-state index in [1.807, 2.05) is 36.4 Å². The highest BCUT2D eigenvalue weighted by Crippen LogP contribution is 2.48. The van der Waals surface area contributed by atoms with Gasteiger partial charge in [-0.2, -0.15) is 0 Å². The number of hydrogen-bond acceptors (Lipinski definition) is 3. The number of rotatable bonds is 2. The first-order valence-electron chi connectivity index (χ1n) is 8.35. The van der Waals surface area contributed by atoms with Crippen molar-refractivity contribution < 1.29 is 13.9 Å². The summed E-state index contributed by atoms with van der Waals surface area (Å²) >= 11 is 6.21. The molecule has 2 heterocycles. The lowest BCUT2D eigenvalue weighted by Gasteiger charge is -2.42. The van der Waals surface area contributed by atoms with Gasteiger partial charge in [0.05, 0.1) is 17.8 Å². The molecule has 0 aliphatic carbocycles. The Labute approximate surface area is 150 Å². The van der Waals surface area contributed by atoms with Gasteiger partial charge >= 0.3 is 0 Å². The van der Waals surface area contributed by atoms with Gasteiger partial charge in [-0.1, -0.05) is 29.8 Å². The molecule has 6 heteroatoms. The number of para-hydroxylation sites is 1. The molecule has 0 saturated carbocycles. The van der Waals surface area contributed by atoms with Gasteiger partial charge < -0.3 is 15.0 Å². The smallest absolute Gasteiger partial charge is 0.251 e. The Morgan fingerprint density at radius 2 is 2.12 bits per heavy atom. The molecule has 1 amide bonds. The van der Waals surface area contributed by atoms with E-state index >= 15 is 0 Å². The number of ether oxygens (including phenoxy) is 1. The largest absolute Gasteiger partial charge is 0.455 e. The van der Waals surface area contributed by atoms with Gasteiger partial charge in [-0.3, -0.25) is 4.79 Å². The van der Waals surface area contributed by atoms with Crippen LogP contribution in [0, 0.1) is 0 Å². The van der Waals surface area contributed by atoms with Crippen LogP contribution < -0.4 is 15.0 Å². The lowest BCUT2D eigenvalue weighted by Crippen LogP contribution is -2.50. The molecule has 1 saturated heterocycles. The molecule has 1 N–H and O–H groups in total. The molecule has 2 aliphatic heterocycles. The van der Waals surface area contributed by atoms with E-state index in [-0.39, 0.29) is 12.1 Å². The van der Waals surface area contributed by atoms with Crippen molar-refractivity contribution in [2.75, 3.05) is 18.1 Å². The molecule has 2 aromatic carbocycles. The maximum atomic E-state index is 12.8. The fourth-order valence-corrected chi connectivity index (χ4v) is 3.95. The lowest BCUT2D eigenvalue weighted by atomic mass is 9.89. The summed E-state index contributed by atoms with van der Waals surface area (Å²) in [7, 11) is 0. The third kappa shape index (κ3) is 2.93. The Bertz CT molecular complexity index is 814. The minimum Gasteiger partial charge on any atom is -0.455 e. The Hall–Kier alpha value is -2.27. The zero-order valence-electron chi connectivity index (χ0n) is 13.5. The number of carbonyl (C=O) groups excluding carboxylic acids is 1. The van der Waals surface area contributed by atoms with Crippen molar-refractivity contribution in [3.8, 4) is 11.5 Å². The van der Waals surface area contributed by atoms with Crippen molar-refractivity contribution in [2.24, 2.45) is 0 Å². The van der Waals surface area contributed by atoms with Crippen LogP contribution in [0.25, 0.3) is 0 Å². The molecule has 2 unspecified atom stereocenters. The summed E-state index contributed by atoms with van der Waals surface area (Å²) in [6.07, 6.45) is 1.68. The second-order valence-electron chi connectivity index (χ2n) is 6.34. The Balaban J connectivity index is 1.85. The van der Waals surface area contributed by atoms with Crippen LogP contribution in [0.1, 0.15) is 24.4 Å². The minimum absolute atomic E-state index is 0.125. The second kappa shape index (κ2) is 6.56. The topological polar surface area (TPSA) is 41.6 Å². The van der Waals surface area contributed by atoms with Crippen molar-refractivity contribution in [2.45, 2.75) is 24.9 Å².